The van der Waals surface area contributed by atoms with Crippen LogP contribution in [0.1, 0.15) is 13.3 Å². The van der Waals surface area contributed by atoms with E-state index < -0.39 is 0 Å². The fourth-order valence-corrected chi connectivity index (χ4v) is 2.29. The zero-order valence-corrected chi connectivity index (χ0v) is 10.6. The summed E-state index contributed by atoms with van der Waals surface area (Å²) >= 11 is 1.79. The van der Waals surface area contributed by atoms with Gasteiger partial charge in [-0.3, -0.25) is 4.79 Å². The third kappa shape index (κ3) is 4.70. The molecule has 5 heteroatoms. The van der Waals surface area contributed by atoms with E-state index in [0.29, 0.717) is 0 Å². The molecule has 0 radical (unpaired) electrons. The number of methoxy groups -OCH3 is 1. The first-order valence-electron chi connectivity index (χ1n) is 5.35. The number of hydrogen-bond acceptors (Lipinski definition) is 4. The minimum Gasteiger partial charge on any atom is -0.469 e. The van der Waals surface area contributed by atoms with Crippen LogP contribution in [0.5, 0.6) is 0 Å². The normalized spacial score (nSPS) is 12.4. The second kappa shape index (κ2) is 7.33. The Kier molecular flexibility index (Phi) is 6.00. The summed E-state index contributed by atoms with van der Waals surface area (Å²) in [5.41, 5.74) is 0. The lowest BCUT2D eigenvalue weighted by molar-refractivity contribution is -0.143. The van der Waals surface area contributed by atoms with Crippen LogP contribution < -0.4 is 0 Å². The first kappa shape index (κ1) is 13.1. The van der Waals surface area contributed by atoms with Crippen LogP contribution in [0, 0.1) is 5.92 Å². The Bertz CT molecular complexity index is 301. The summed E-state index contributed by atoms with van der Waals surface area (Å²) in [5, 5.41) is 0. The molecule has 1 aromatic rings. The van der Waals surface area contributed by atoms with Gasteiger partial charge >= 0.3 is 5.97 Å². The highest BCUT2D eigenvalue weighted by atomic mass is 32.2. The predicted octanol–water partition coefficient (Wildman–Crippen LogP) is 1.82. The number of carbonyl (C=O) groups excluding carboxylic acids is 1. The van der Waals surface area contributed by atoms with Crippen molar-refractivity contribution in [2.24, 2.45) is 5.92 Å². The van der Waals surface area contributed by atoms with Crippen molar-refractivity contribution in [1.82, 2.24) is 9.55 Å². The molecule has 0 saturated carbocycles. The van der Waals surface area contributed by atoms with Gasteiger partial charge < -0.3 is 9.30 Å². The third-order valence-electron chi connectivity index (χ3n) is 2.24. The SMILES string of the molecule is COC(=O)C(C)CSCCCn1ccnc1. The fraction of sp³-hybridized carbons (Fsp3) is 0.636. The van der Waals surface area contributed by atoms with Crippen molar-refractivity contribution in [3.05, 3.63) is 18.7 Å². The standard InChI is InChI=1S/C11H18N2O2S/c1-10(11(14)15-2)8-16-7-3-5-13-6-4-12-9-13/h4,6,9-10H,3,5,7-8H2,1-2H3. The van der Waals surface area contributed by atoms with Crippen LogP contribution in [0.15, 0.2) is 18.7 Å². The van der Waals surface area contributed by atoms with E-state index >= 15 is 0 Å². The molecular formula is C11H18N2O2S. The number of esters is 1. The molecule has 16 heavy (non-hydrogen) atoms. The van der Waals surface area contributed by atoms with E-state index in [9.17, 15) is 4.79 Å². The summed E-state index contributed by atoms with van der Waals surface area (Å²) in [7, 11) is 1.43. The molecule has 0 saturated heterocycles. The van der Waals surface area contributed by atoms with Gasteiger partial charge in [0.05, 0.1) is 19.4 Å². The number of nitrogens with zero attached hydrogens (tertiary/aromatic N) is 2. The van der Waals surface area contributed by atoms with E-state index in [1.165, 1.54) is 7.11 Å². The van der Waals surface area contributed by atoms with Crippen molar-refractivity contribution >= 4 is 17.7 Å². The molecule has 0 N–H and O–H groups in total. The molecule has 1 heterocycles. The Labute approximate surface area is 100 Å². The van der Waals surface area contributed by atoms with Crippen molar-refractivity contribution in [2.45, 2.75) is 19.9 Å². The van der Waals surface area contributed by atoms with E-state index in [4.69, 9.17) is 0 Å². The van der Waals surface area contributed by atoms with Gasteiger partial charge in [-0.25, -0.2) is 4.98 Å². The van der Waals surface area contributed by atoms with Crippen molar-refractivity contribution in [1.29, 1.82) is 0 Å². The largest absolute Gasteiger partial charge is 0.469 e. The Balaban J connectivity index is 2.02. The lowest BCUT2D eigenvalue weighted by Crippen LogP contribution is -2.15. The molecule has 0 fully saturated rings. The monoisotopic (exact) mass is 242 g/mol. The van der Waals surface area contributed by atoms with Gasteiger partial charge in [0.2, 0.25) is 0 Å². The average molecular weight is 242 g/mol. The number of rotatable bonds is 7. The summed E-state index contributed by atoms with van der Waals surface area (Å²) in [6, 6.07) is 0. The predicted molar refractivity (Wildman–Crippen MR) is 65.3 cm³/mol. The first-order valence-corrected chi connectivity index (χ1v) is 6.51. The number of hydrogen-bond donors (Lipinski definition) is 0. The molecular weight excluding hydrogens is 224 g/mol. The first-order chi connectivity index (χ1) is 7.74. The van der Waals surface area contributed by atoms with Gasteiger partial charge in [-0.1, -0.05) is 6.92 Å². The maximum absolute atomic E-state index is 11.1. The van der Waals surface area contributed by atoms with E-state index in [2.05, 4.69) is 14.3 Å². The van der Waals surface area contributed by atoms with Crippen LogP contribution in [0.25, 0.3) is 0 Å². The van der Waals surface area contributed by atoms with E-state index in [1.54, 1.807) is 18.0 Å². The molecule has 0 aliphatic carbocycles. The number of thioether (sulfide) groups is 1. The van der Waals surface area contributed by atoms with Gasteiger partial charge in [-0.15, -0.1) is 0 Å². The molecule has 1 aromatic heterocycles. The highest BCUT2D eigenvalue weighted by molar-refractivity contribution is 7.99. The van der Waals surface area contributed by atoms with Crippen LogP contribution >= 0.6 is 11.8 Å². The van der Waals surface area contributed by atoms with Crippen LogP contribution in [0.4, 0.5) is 0 Å². The Hall–Kier alpha value is -0.970. The number of imidazole rings is 1. The van der Waals surface area contributed by atoms with Gasteiger partial charge in [0.15, 0.2) is 0 Å². The van der Waals surface area contributed by atoms with Crippen molar-refractivity contribution in [2.75, 3.05) is 18.6 Å². The summed E-state index contributed by atoms with van der Waals surface area (Å²) in [4.78, 5) is 15.1. The summed E-state index contributed by atoms with van der Waals surface area (Å²) in [6.45, 7) is 2.88. The highest BCUT2D eigenvalue weighted by Gasteiger charge is 2.12. The molecule has 0 amide bonds. The van der Waals surface area contributed by atoms with E-state index in [0.717, 1.165) is 24.5 Å². The lowest BCUT2D eigenvalue weighted by atomic mass is 10.2. The zero-order chi connectivity index (χ0) is 11.8. The van der Waals surface area contributed by atoms with Crippen LogP contribution in [-0.4, -0.2) is 34.1 Å². The molecule has 1 atom stereocenters. The maximum atomic E-state index is 11.1. The number of aryl methyl sites for hydroxylation is 1. The van der Waals surface area contributed by atoms with Crippen LogP contribution in [0.2, 0.25) is 0 Å². The molecule has 0 spiro atoms. The van der Waals surface area contributed by atoms with Crippen molar-refractivity contribution in [3.63, 3.8) is 0 Å². The summed E-state index contributed by atoms with van der Waals surface area (Å²) in [6.07, 6.45) is 6.66. The highest BCUT2D eigenvalue weighted by Crippen LogP contribution is 2.11. The van der Waals surface area contributed by atoms with Gasteiger partial charge in [-0.2, -0.15) is 11.8 Å². The minimum absolute atomic E-state index is 0.0109. The fourth-order valence-electron chi connectivity index (χ4n) is 1.30. The average Bonchev–Trinajstić information content (AvgIpc) is 2.80. The molecule has 0 aromatic carbocycles. The minimum atomic E-state index is -0.123. The van der Waals surface area contributed by atoms with Gasteiger partial charge in [0, 0.05) is 24.7 Å². The lowest BCUT2D eigenvalue weighted by Gasteiger charge is -2.08. The summed E-state index contributed by atoms with van der Waals surface area (Å²) in [5.74, 6) is 1.75. The molecule has 4 nitrogen and oxygen atoms in total. The second-order valence-corrected chi connectivity index (χ2v) is 4.80. The Morgan fingerprint density at radius 2 is 2.44 bits per heavy atom. The van der Waals surface area contributed by atoms with E-state index in [-0.39, 0.29) is 11.9 Å². The Morgan fingerprint density at radius 3 is 3.06 bits per heavy atom. The van der Waals surface area contributed by atoms with Crippen molar-refractivity contribution in [3.8, 4) is 0 Å². The number of carbonyl (C=O) groups is 1. The van der Waals surface area contributed by atoms with Gasteiger partial charge in [-0.05, 0) is 12.2 Å². The van der Waals surface area contributed by atoms with Crippen molar-refractivity contribution < 1.29 is 9.53 Å². The second-order valence-electron chi connectivity index (χ2n) is 3.65. The maximum Gasteiger partial charge on any atom is 0.309 e. The smallest absolute Gasteiger partial charge is 0.309 e. The topological polar surface area (TPSA) is 44.1 Å². The third-order valence-corrected chi connectivity index (χ3v) is 3.55. The van der Waals surface area contributed by atoms with Crippen LogP contribution in [-0.2, 0) is 16.1 Å². The molecule has 1 unspecified atom stereocenters. The zero-order valence-electron chi connectivity index (χ0n) is 9.76. The van der Waals surface area contributed by atoms with Gasteiger partial charge in [0.25, 0.3) is 0 Å². The van der Waals surface area contributed by atoms with E-state index in [1.807, 2.05) is 19.4 Å². The summed E-state index contributed by atoms with van der Waals surface area (Å²) < 4.78 is 6.72. The number of aromatic nitrogens is 2. The molecule has 0 aliphatic rings. The molecule has 0 aliphatic heterocycles. The van der Waals surface area contributed by atoms with Crippen LogP contribution in [0.3, 0.4) is 0 Å². The molecule has 0 bridgehead atoms. The quantitative estimate of drug-likeness (QED) is 0.540. The Morgan fingerprint density at radius 1 is 1.62 bits per heavy atom. The van der Waals surface area contributed by atoms with Gasteiger partial charge in [0.1, 0.15) is 0 Å². The molecule has 90 valence electrons. The molecule has 1 rings (SSSR count). The number of ether oxygens (including phenoxy) is 1.